The van der Waals surface area contributed by atoms with E-state index in [-0.39, 0.29) is 5.92 Å². The van der Waals surface area contributed by atoms with Crippen LogP contribution in [0.1, 0.15) is 30.9 Å². The Kier molecular flexibility index (Phi) is 3.38. The van der Waals surface area contributed by atoms with Gasteiger partial charge >= 0.3 is 0 Å². The molecule has 0 atom stereocenters. The Morgan fingerprint density at radius 2 is 1.86 bits per heavy atom. The maximum atomic E-state index is 6.34. The van der Waals surface area contributed by atoms with Crippen LogP contribution >= 0.6 is 11.6 Å². The fourth-order valence-electron chi connectivity index (χ4n) is 2.36. The smallest absolute Gasteiger partial charge is 0.227 e. The Morgan fingerprint density at radius 3 is 2.48 bits per heavy atom. The van der Waals surface area contributed by atoms with Gasteiger partial charge < -0.3 is 10.2 Å². The van der Waals surface area contributed by atoms with E-state index in [1.54, 1.807) is 0 Å². The monoisotopic (exact) mass is 300 g/mol. The van der Waals surface area contributed by atoms with Gasteiger partial charge in [0.25, 0.3) is 0 Å². The maximum Gasteiger partial charge on any atom is 0.227 e. The Balaban J connectivity index is 2.20. The minimum Gasteiger partial charge on any atom is -0.434 e. The summed E-state index contributed by atoms with van der Waals surface area (Å²) in [5, 5.41) is 0.446. The van der Waals surface area contributed by atoms with Crippen molar-refractivity contribution in [2.45, 2.75) is 26.7 Å². The number of benzene rings is 2. The van der Waals surface area contributed by atoms with Crippen molar-refractivity contribution in [1.29, 1.82) is 0 Å². The third kappa shape index (κ3) is 2.38. The van der Waals surface area contributed by atoms with Gasteiger partial charge in [0.1, 0.15) is 10.5 Å². The number of hydrogen-bond acceptors (Lipinski definition) is 3. The zero-order valence-corrected chi connectivity index (χ0v) is 13.0. The fourth-order valence-corrected chi connectivity index (χ4v) is 2.60. The lowest BCUT2D eigenvalue weighted by Gasteiger charge is -2.10. The van der Waals surface area contributed by atoms with Crippen LogP contribution in [-0.2, 0) is 0 Å². The number of aryl methyl sites for hydroxylation is 1. The molecule has 0 radical (unpaired) electrons. The molecular weight excluding hydrogens is 284 g/mol. The van der Waals surface area contributed by atoms with Crippen molar-refractivity contribution in [3.63, 3.8) is 0 Å². The van der Waals surface area contributed by atoms with Crippen molar-refractivity contribution in [3.8, 4) is 11.5 Å². The van der Waals surface area contributed by atoms with Gasteiger partial charge in [-0.05, 0) is 36.6 Å². The number of aromatic nitrogens is 1. The zero-order chi connectivity index (χ0) is 15.1. The van der Waals surface area contributed by atoms with Crippen LogP contribution in [0, 0.1) is 6.92 Å². The first-order chi connectivity index (χ1) is 9.97. The van der Waals surface area contributed by atoms with Gasteiger partial charge in [0.05, 0.1) is 5.69 Å². The second-order valence-corrected chi connectivity index (χ2v) is 5.96. The summed E-state index contributed by atoms with van der Waals surface area (Å²) in [6.07, 6.45) is 0. The van der Waals surface area contributed by atoms with E-state index in [1.807, 2.05) is 37.3 Å². The summed E-state index contributed by atoms with van der Waals surface area (Å²) in [5.41, 5.74) is 11.1. The minimum absolute atomic E-state index is 0.284. The van der Waals surface area contributed by atoms with Crippen LogP contribution in [0.25, 0.3) is 22.6 Å². The normalized spacial score (nSPS) is 11.5. The van der Waals surface area contributed by atoms with Gasteiger partial charge in [-0.1, -0.05) is 43.1 Å². The molecule has 2 N–H and O–H groups in total. The highest BCUT2D eigenvalue weighted by Crippen LogP contribution is 2.37. The Bertz CT molecular complexity index is 804. The molecule has 0 fully saturated rings. The number of halogens is 1. The second kappa shape index (κ2) is 5.08. The molecule has 4 heteroatoms. The standard InChI is InChI=1S/C17H17ClN2O/c1-9(2)12-8-13-16(14(18)15(12)19)21-17(20-13)11-6-4-10(3)5-7-11/h4-9H,19H2,1-3H3. The summed E-state index contributed by atoms with van der Waals surface area (Å²) < 4.78 is 5.82. The van der Waals surface area contributed by atoms with Gasteiger partial charge in [0.15, 0.2) is 5.58 Å². The molecule has 3 nitrogen and oxygen atoms in total. The molecule has 2 aromatic carbocycles. The van der Waals surface area contributed by atoms with Crippen LogP contribution in [0.4, 0.5) is 5.69 Å². The molecule has 0 saturated heterocycles. The SMILES string of the molecule is Cc1ccc(-c2nc3cc(C(C)C)c(N)c(Cl)c3o2)cc1. The Labute approximate surface area is 128 Å². The summed E-state index contributed by atoms with van der Waals surface area (Å²) in [7, 11) is 0. The predicted octanol–water partition coefficient (Wildman–Crippen LogP) is 5.16. The van der Waals surface area contributed by atoms with Crippen molar-refractivity contribution in [2.75, 3.05) is 5.73 Å². The average Bonchev–Trinajstić information content (AvgIpc) is 2.87. The summed E-state index contributed by atoms with van der Waals surface area (Å²) >= 11 is 6.34. The van der Waals surface area contributed by atoms with E-state index >= 15 is 0 Å². The van der Waals surface area contributed by atoms with Crippen LogP contribution in [-0.4, -0.2) is 4.98 Å². The molecule has 0 amide bonds. The highest BCUT2D eigenvalue weighted by atomic mass is 35.5. The first kappa shape index (κ1) is 14.0. The van der Waals surface area contributed by atoms with E-state index in [9.17, 15) is 0 Å². The van der Waals surface area contributed by atoms with E-state index in [0.29, 0.717) is 22.2 Å². The molecule has 108 valence electrons. The highest BCUT2D eigenvalue weighted by molar-refractivity contribution is 6.37. The average molecular weight is 301 g/mol. The first-order valence-corrected chi connectivity index (χ1v) is 7.30. The van der Waals surface area contributed by atoms with Crippen LogP contribution in [0.15, 0.2) is 34.7 Å². The Morgan fingerprint density at radius 1 is 1.19 bits per heavy atom. The number of nitrogens with zero attached hydrogens (tertiary/aromatic N) is 1. The summed E-state index contributed by atoms with van der Waals surface area (Å²) in [6.45, 7) is 6.20. The van der Waals surface area contributed by atoms with Crippen LogP contribution in [0.5, 0.6) is 0 Å². The molecule has 0 unspecified atom stereocenters. The molecular formula is C17H17ClN2O. The maximum absolute atomic E-state index is 6.34. The number of nitrogens with two attached hydrogens (primary N) is 1. The van der Waals surface area contributed by atoms with E-state index in [1.165, 1.54) is 5.56 Å². The molecule has 0 aliphatic heterocycles. The van der Waals surface area contributed by atoms with Crippen molar-refractivity contribution in [3.05, 3.63) is 46.5 Å². The number of anilines is 1. The summed E-state index contributed by atoms with van der Waals surface area (Å²) in [6, 6.07) is 9.99. The van der Waals surface area contributed by atoms with Gasteiger partial charge in [0.2, 0.25) is 5.89 Å². The van der Waals surface area contributed by atoms with Crippen molar-refractivity contribution in [1.82, 2.24) is 4.98 Å². The van der Waals surface area contributed by atoms with Gasteiger partial charge in [-0.3, -0.25) is 0 Å². The molecule has 3 aromatic rings. The number of nitrogen functional groups attached to an aromatic ring is 1. The topological polar surface area (TPSA) is 52.0 Å². The van der Waals surface area contributed by atoms with Crippen LogP contribution in [0.3, 0.4) is 0 Å². The molecule has 0 aliphatic rings. The highest BCUT2D eigenvalue weighted by Gasteiger charge is 2.17. The molecule has 0 bridgehead atoms. The molecule has 0 saturated carbocycles. The van der Waals surface area contributed by atoms with Crippen molar-refractivity contribution in [2.24, 2.45) is 0 Å². The number of rotatable bonds is 2. The molecule has 21 heavy (non-hydrogen) atoms. The lowest BCUT2D eigenvalue weighted by Crippen LogP contribution is -1.97. The van der Waals surface area contributed by atoms with Crippen LogP contribution in [0.2, 0.25) is 5.02 Å². The van der Waals surface area contributed by atoms with Crippen molar-refractivity contribution >= 4 is 28.4 Å². The third-order valence-electron chi connectivity index (χ3n) is 3.61. The largest absolute Gasteiger partial charge is 0.434 e. The Hall–Kier alpha value is -2.00. The van der Waals surface area contributed by atoms with Crippen molar-refractivity contribution < 1.29 is 4.42 Å². The van der Waals surface area contributed by atoms with Gasteiger partial charge in [-0.25, -0.2) is 4.98 Å². The van der Waals surface area contributed by atoms with E-state index in [4.69, 9.17) is 21.8 Å². The molecule has 0 spiro atoms. The second-order valence-electron chi connectivity index (χ2n) is 5.58. The lowest BCUT2D eigenvalue weighted by molar-refractivity contribution is 0.620. The van der Waals surface area contributed by atoms with Gasteiger partial charge in [0, 0.05) is 5.56 Å². The van der Waals surface area contributed by atoms with E-state index in [2.05, 4.69) is 18.8 Å². The molecule has 0 aliphatic carbocycles. The molecule has 3 rings (SSSR count). The molecule has 1 heterocycles. The summed E-state index contributed by atoms with van der Waals surface area (Å²) in [5.74, 6) is 0.846. The quantitative estimate of drug-likeness (QED) is 0.665. The first-order valence-electron chi connectivity index (χ1n) is 6.93. The predicted molar refractivity (Wildman–Crippen MR) is 87.7 cm³/mol. The number of oxazole rings is 1. The fraction of sp³-hybridized carbons (Fsp3) is 0.235. The van der Waals surface area contributed by atoms with Crippen LogP contribution < -0.4 is 5.73 Å². The van der Waals surface area contributed by atoms with E-state index < -0.39 is 0 Å². The summed E-state index contributed by atoms with van der Waals surface area (Å²) in [4.78, 5) is 4.55. The minimum atomic E-state index is 0.284. The lowest BCUT2D eigenvalue weighted by atomic mass is 10.0. The third-order valence-corrected chi connectivity index (χ3v) is 3.99. The van der Waals surface area contributed by atoms with Gasteiger partial charge in [-0.15, -0.1) is 0 Å². The van der Waals surface area contributed by atoms with Gasteiger partial charge in [-0.2, -0.15) is 0 Å². The molecule has 1 aromatic heterocycles. The number of fused-ring (bicyclic) bond motifs is 1. The van der Waals surface area contributed by atoms with E-state index in [0.717, 1.165) is 16.6 Å². The number of hydrogen-bond donors (Lipinski definition) is 1. The zero-order valence-electron chi connectivity index (χ0n) is 12.3.